The van der Waals surface area contributed by atoms with E-state index >= 15 is 0 Å². The molecule has 8 nitrogen and oxygen atoms in total. The van der Waals surface area contributed by atoms with Gasteiger partial charge in [-0.25, -0.2) is 4.79 Å². The Morgan fingerprint density at radius 2 is 2.09 bits per heavy atom. The molecule has 1 atom stereocenters. The van der Waals surface area contributed by atoms with Crippen molar-refractivity contribution in [1.82, 2.24) is 20.4 Å². The van der Waals surface area contributed by atoms with Gasteiger partial charge in [0.15, 0.2) is 11.9 Å². The van der Waals surface area contributed by atoms with E-state index in [1.54, 1.807) is 4.90 Å². The molecule has 3 heterocycles. The zero-order chi connectivity index (χ0) is 15.7. The number of aromatic nitrogens is 2. The molecule has 1 N–H and O–H groups in total. The fourth-order valence-corrected chi connectivity index (χ4v) is 2.74. The molecule has 0 unspecified atom stereocenters. The van der Waals surface area contributed by atoms with Crippen molar-refractivity contribution in [2.45, 2.75) is 44.6 Å². The fraction of sp³-hybridized carbons (Fsp3) is 0.714. The maximum Gasteiger partial charge on any atom is 0.408 e. The number of carbonyl (C=O) groups is 2. The summed E-state index contributed by atoms with van der Waals surface area (Å²) in [4.78, 5) is 29.4. The van der Waals surface area contributed by atoms with Crippen LogP contribution in [0.15, 0.2) is 4.52 Å². The van der Waals surface area contributed by atoms with Crippen molar-refractivity contribution < 1.29 is 18.8 Å². The number of amides is 2. The van der Waals surface area contributed by atoms with E-state index in [1.165, 1.54) is 0 Å². The molecule has 1 aromatic rings. The van der Waals surface area contributed by atoms with E-state index < -0.39 is 12.2 Å². The highest BCUT2D eigenvalue weighted by Crippen LogP contribution is 2.27. The number of rotatable bonds is 3. The number of cyclic esters (lactones) is 1. The molecule has 0 radical (unpaired) electrons. The second kappa shape index (κ2) is 5.94. The zero-order valence-electron chi connectivity index (χ0n) is 12.7. The topological polar surface area (TPSA) is 97.6 Å². The number of nitrogens with one attached hydrogen (secondary N) is 1. The van der Waals surface area contributed by atoms with Crippen LogP contribution < -0.4 is 5.32 Å². The zero-order valence-corrected chi connectivity index (χ0v) is 12.7. The van der Waals surface area contributed by atoms with Crippen LogP contribution in [0.4, 0.5) is 4.79 Å². The second-order valence-corrected chi connectivity index (χ2v) is 6.02. The predicted molar refractivity (Wildman–Crippen MR) is 75.2 cm³/mol. The average Bonchev–Trinajstić information content (AvgIpc) is 3.16. The number of hydrogen-bond acceptors (Lipinski definition) is 6. The van der Waals surface area contributed by atoms with Crippen molar-refractivity contribution >= 4 is 12.0 Å². The third kappa shape index (κ3) is 2.90. The van der Waals surface area contributed by atoms with Gasteiger partial charge in [-0.15, -0.1) is 0 Å². The summed E-state index contributed by atoms with van der Waals surface area (Å²) in [7, 11) is 0. The first-order chi connectivity index (χ1) is 10.5. The highest BCUT2D eigenvalue weighted by atomic mass is 16.6. The molecule has 2 fully saturated rings. The Balaban J connectivity index is 1.55. The molecule has 2 aliphatic heterocycles. The minimum atomic E-state index is -0.693. The maximum absolute atomic E-state index is 12.2. The quantitative estimate of drug-likeness (QED) is 0.895. The largest absolute Gasteiger partial charge is 0.434 e. The lowest BCUT2D eigenvalue weighted by atomic mass is 9.96. The number of alkyl carbamates (subject to hydrolysis) is 1. The first-order valence-electron chi connectivity index (χ1n) is 7.61. The average molecular weight is 308 g/mol. The van der Waals surface area contributed by atoms with Gasteiger partial charge in [0.2, 0.25) is 5.89 Å². The Labute approximate surface area is 128 Å². The van der Waals surface area contributed by atoms with Gasteiger partial charge in [-0.3, -0.25) is 4.79 Å². The van der Waals surface area contributed by atoms with Gasteiger partial charge in [-0.2, -0.15) is 4.98 Å². The van der Waals surface area contributed by atoms with Crippen LogP contribution in [0.2, 0.25) is 0 Å². The van der Waals surface area contributed by atoms with E-state index in [1.807, 2.05) is 13.8 Å². The number of nitrogens with zero attached hydrogens (tertiary/aromatic N) is 3. The van der Waals surface area contributed by atoms with Gasteiger partial charge in [0, 0.05) is 24.9 Å². The third-order valence-electron chi connectivity index (χ3n) is 4.08. The van der Waals surface area contributed by atoms with Crippen LogP contribution in [0.1, 0.15) is 50.2 Å². The molecule has 0 aromatic carbocycles. The monoisotopic (exact) mass is 308 g/mol. The molecule has 0 aliphatic carbocycles. The summed E-state index contributed by atoms with van der Waals surface area (Å²) in [6.07, 6.45) is 0.358. The van der Waals surface area contributed by atoms with Crippen LogP contribution in [-0.4, -0.2) is 52.8 Å². The summed E-state index contributed by atoms with van der Waals surface area (Å²) in [5.41, 5.74) is 0. The van der Waals surface area contributed by atoms with Crippen molar-refractivity contribution in [3.8, 4) is 0 Å². The summed E-state index contributed by atoms with van der Waals surface area (Å²) in [6.45, 7) is 5.50. The summed E-state index contributed by atoms with van der Waals surface area (Å²) in [5.74, 6) is 1.67. The van der Waals surface area contributed by atoms with Gasteiger partial charge in [0.05, 0.1) is 6.54 Å². The molecule has 1 aromatic heterocycles. The van der Waals surface area contributed by atoms with E-state index in [9.17, 15) is 9.59 Å². The normalized spacial score (nSPS) is 22.8. The molecule has 2 aliphatic rings. The standard InChI is InChI=1S/C14H20N4O4/c1-8(2)12-16-11(17-22-12)9-3-5-18(6-4-9)13(19)10-7-15-14(20)21-10/h8-10H,3-7H2,1-2H3,(H,15,20)/t10-/m0/s1. The van der Waals surface area contributed by atoms with Gasteiger partial charge in [-0.1, -0.05) is 19.0 Å². The molecule has 0 spiro atoms. The van der Waals surface area contributed by atoms with Crippen molar-refractivity contribution in [2.24, 2.45) is 0 Å². The Morgan fingerprint density at radius 1 is 1.36 bits per heavy atom. The predicted octanol–water partition coefficient (Wildman–Crippen LogP) is 1.01. The first kappa shape index (κ1) is 14.8. The lowest BCUT2D eigenvalue weighted by Gasteiger charge is -2.31. The van der Waals surface area contributed by atoms with Crippen molar-refractivity contribution in [3.05, 3.63) is 11.7 Å². The van der Waals surface area contributed by atoms with Crippen LogP contribution >= 0.6 is 0 Å². The molecular formula is C14H20N4O4. The maximum atomic E-state index is 12.2. The molecule has 2 saturated heterocycles. The van der Waals surface area contributed by atoms with Gasteiger partial charge < -0.3 is 19.5 Å². The second-order valence-electron chi connectivity index (χ2n) is 6.02. The van der Waals surface area contributed by atoms with Crippen molar-refractivity contribution in [2.75, 3.05) is 19.6 Å². The fourth-order valence-electron chi connectivity index (χ4n) is 2.74. The SMILES string of the molecule is CC(C)c1nc(C2CCN(C(=O)[C@@H]3CNC(=O)O3)CC2)no1. The molecule has 2 amide bonds. The van der Waals surface area contributed by atoms with E-state index in [-0.39, 0.29) is 24.3 Å². The minimum Gasteiger partial charge on any atom is -0.434 e. The Kier molecular flexibility index (Phi) is 4.00. The summed E-state index contributed by atoms with van der Waals surface area (Å²) >= 11 is 0. The number of piperidine rings is 1. The van der Waals surface area contributed by atoms with Crippen LogP contribution in [-0.2, 0) is 9.53 Å². The van der Waals surface area contributed by atoms with Gasteiger partial charge in [-0.05, 0) is 12.8 Å². The number of carbonyl (C=O) groups excluding carboxylic acids is 2. The molecule has 8 heteroatoms. The van der Waals surface area contributed by atoms with Crippen LogP contribution in [0.3, 0.4) is 0 Å². The summed E-state index contributed by atoms with van der Waals surface area (Å²) < 4.78 is 10.2. The number of hydrogen-bond donors (Lipinski definition) is 1. The highest BCUT2D eigenvalue weighted by Gasteiger charge is 2.35. The van der Waals surface area contributed by atoms with E-state index in [0.29, 0.717) is 19.0 Å². The van der Waals surface area contributed by atoms with Crippen LogP contribution in [0.25, 0.3) is 0 Å². The van der Waals surface area contributed by atoms with Crippen molar-refractivity contribution in [3.63, 3.8) is 0 Å². The Bertz CT molecular complexity index is 563. The molecule has 3 rings (SSSR count). The summed E-state index contributed by atoms with van der Waals surface area (Å²) in [6, 6.07) is 0. The van der Waals surface area contributed by atoms with E-state index in [0.717, 1.165) is 18.7 Å². The number of ether oxygens (including phenoxy) is 1. The molecular weight excluding hydrogens is 288 g/mol. The minimum absolute atomic E-state index is 0.132. The van der Waals surface area contributed by atoms with E-state index in [4.69, 9.17) is 9.26 Å². The van der Waals surface area contributed by atoms with E-state index in [2.05, 4.69) is 15.5 Å². The van der Waals surface area contributed by atoms with Crippen molar-refractivity contribution in [1.29, 1.82) is 0 Å². The summed E-state index contributed by atoms with van der Waals surface area (Å²) in [5, 5.41) is 6.55. The highest BCUT2D eigenvalue weighted by molar-refractivity contribution is 5.86. The van der Waals surface area contributed by atoms with Crippen LogP contribution in [0, 0.1) is 0 Å². The van der Waals surface area contributed by atoms with Crippen LogP contribution in [0.5, 0.6) is 0 Å². The first-order valence-corrected chi connectivity index (χ1v) is 7.61. The lowest BCUT2D eigenvalue weighted by Crippen LogP contribution is -2.44. The molecule has 22 heavy (non-hydrogen) atoms. The van der Waals surface area contributed by atoms with Gasteiger partial charge in [0.25, 0.3) is 5.91 Å². The smallest absolute Gasteiger partial charge is 0.408 e. The molecule has 0 saturated carbocycles. The Hall–Kier alpha value is -2.12. The van der Waals surface area contributed by atoms with Gasteiger partial charge in [0.1, 0.15) is 0 Å². The molecule has 120 valence electrons. The van der Waals surface area contributed by atoms with Gasteiger partial charge >= 0.3 is 6.09 Å². The lowest BCUT2D eigenvalue weighted by molar-refractivity contribution is -0.139. The third-order valence-corrected chi connectivity index (χ3v) is 4.08. The molecule has 0 bridgehead atoms. The number of likely N-dealkylation sites (tertiary alicyclic amines) is 1. The Morgan fingerprint density at radius 3 is 2.64 bits per heavy atom.